The van der Waals surface area contributed by atoms with E-state index < -0.39 is 33.2 Å². The Hall–Kier alpha value is -0.0100. The Bertz CT molecular complexity index is 165. The molecule has 12 heavy (non-hydrogen) atoms. The lowest BCUT2D eigenvalue weighted by atomic mass is 10.2. The highest BCUT2D eigenvalue weighted by Crippen LogP contribution is 2.37. The van der Waals surface area contributed by atoms with Crippen molar-refractivity contribution >= 4 is 7.82 Å². The maximum absolute atomic E-state index is 10.2. The van der Waals surface area contributed by atoms with Crippen molar-refractivity contribution in [3.8, 4) is 0 Å². The zero-order valence-electron chi connectivity index (χ0n) is 6.07. The minimum absolute atomic E-state index is 0.745. The number of aliphatic hydroxyl groups excluding tert-OH is 3. The van der Waals surface area contributed by atoms with Crippen molar-refractivity contribution in [2.75, 3.05) is 13.2 Å². The van der Waals surface area contributed by atoms with Crippen LogP contribution < -0.4 is 0 Å². The fourth-order valence-corrected chi connectivity index (χ4v) is 1.08. The monoisotopic (exact) mass is 202 g/mol. The van der Waals surface area contributed by atoms with Crippen molar-refractivity contribution in [3.63, 3.8) is 0 Å². The molecule has 0 amide bonds. The highest BCUT2D eigenvalue weighted by atomic mass is 31.2. The summed E-state index contributed by atoms with van der Waals surface area (Å²) in [5.74, 6) is 0. The van der Waals surface area contributed by atoms with Gasteiger partial charge in [0.2, 0.25) is 0 Å². The summed E-state index contributed by atoms with van der Waals surface area (Å²) in [6.07, 6.45) is -2.99. The molecule has 0 aliphatic carbocycles. The van der Waals surface area contributed by atoms with Gasteiger partial charge in [-0.15, -0.1) is 0 Å². The predicted octanol–water partition coefficient (Wildman–Crippen LogP) is -2.19. The predicted molar refractivity (Wildman–Crippen MR) is 37.1 cm³/mol. The Morgan fingerprint density at radius 3 is 2.00 bits per heavy atom. The van der Waals surface area contributed by atoms with Crippen LogP contribution in [0.5, 0.6) is 0 Å². The molecule has 0 aliphatic heterocycles. The fraction of sp³-hybridized carbons (Fsp3) is 1.00. The fourth-order valence-electron chi connectivity index (χ4n) is 0.519. The third kappa shape index (κ3) is 4.78. The van der Waals surface area contributed by atoms with Crippen molar-refractivity contribution in [1.29, 1.82) is 0 Å². The second-order valence-electron chi connectivity index (χ2n) is 2.07. The zero-order chi connectivity index (χ0) is 9.78. The molecular formula is C4H11O7P. The Morgan fingerprint density at radius 1 is 1.25 bits per heavy atom. The molecule has 0 unspecified atom stereocenters. The summed E-state index contributed by atoms with van der Waals surface area (Å²) in [5, 5.41) is 25.6. The van der Waals surface area contributed by atoms with Gasteiger partial charge in [0.05, 0.1) is 13.2 Å². The molecule has 0 bridgehead atoms. The number of aliphatic hydroxyl groups is 3. The van der Waals surface area contributed by atoms with Gasteiger partial charge in [0.25, 0.3) is 0 Å². The van der Waals surface area contributed by atoms with E-state index in [0.717, 1.165) is 0 Å². The summed E-state index contributed by atoms with van der Waals surface area (Å²) in [6.45, 7) is -1.53. The highest BCUT2D eigenvalue weighted by molar-refractivity contribution is 7.46. The Balaban J connectivity index is 4.09. The van der Waals surface area contributed by atoms with E-state index in [1.54, 1.807) is 0 Å². The molecule has 7 nitrogen and oxygen atoms in total. The van der Waals surface area contributed by atoms with Crippen LogP contribution >= 0.6 is 7.82 Å². The molecule has 0 heterocycles. The van der Waals surface area contributed by atoms with Gasteiger partial charge < -0.3 is 25.1 Å². The first-order valence-electron chi connectivity index (χ1n) is 3.04. The van der Waals surface area contributed by atoms with Crippen LogP contribution in [0, 0.1) is 0 Å². The van der Waals surface area contributed by atoms with Crippen LogP contribution in [0.15, 0.2) is 0 Å². The molecule has 2 atom stereocenters. The summed E-state index contributed by atoms with van der Waals surface area (Å²) in [5.41, 5.74) is 0. The molecule has 74 valence electrons. The molecule has 5 N–H and O–H groups in total. The van der Waals surface area contributed by atoms with Gasteiger partial charge in [-0.2, -0.15) is 0 Å². The molecule has 0 aromatic heterocycles. The van der Waals surface area contributed by atoms with Crippen molar-refractivity contribution in [2.45, 2.75) is 12.2 Å². The van der Waals surface area contributed by atoms with Gasteiger partial charge in [-0.3, -0.25) is 4.52 Å². The molecule has 0 aliphatic rings. The number of hydrogen-bond donors (Lipinski definition) is 5. The summed E-state index contributed by atoms with van der Waals surface area (Å²) in [4.78, 5) is 16.5. The number of phosphoric acid groups is 1. The first kappa shape index (κ1) is 12.0. The highest BCUT2D eigenvalue weighted by Gasteiger charge is 2.27. The van der Waals surface area contributed by atoms with Crippen LogP contribution in [0.2, 0.25) is 0 Å². The van der Waals surface area contributed by atoms with Crippen LogP contribution in [0.25, 0.3) is 0 Å². The first-order chi connectivity index (χ1) is 5.40. The molecule has 0 radical (unpaired) electrons. The van der Waals surface area contributed by atoms with Gasteiger partial charge in [-0.25, -0.2) is 4.57 Å². The Kier molecular flexibility index (Phi) is 4.88. The third-order valence-electron chi connectivity index (χ3n) is 1.07. The maximum atomic E-state index is 10.2. The van der Waals surface area contributed by atoms with E-state index in [2.05, 4.69) is 4.52 Å². The maximum Gasteiger partial charge on any atom is 0.470 e. The molecule has 0 spiro atoms. The smallest absolute Gasteiger partial charge is 0.394 e. The molecule has 0 fully saturated rings. The molecule has 0 saturated carbocycles. The summed E-state index contributed by atoms with van der Waals surface area (Å²) in [7, 11) is -4.74. The van der Waals surface area contributed by atoms with Crippen LogP contribution in [0.4, 0.5) is 0 Å². The van der Waals surface area contributed by atoms with E-state index >= 15 is 0 Å². The van der Waals surface area contributed by atoms with E-state index in [0.29, 0.717) is 0 Å². The molecule has 0 rings (SSSR count). The lowest BCUT2D eigenvalue weighted by molar-refractivity contribution is -0.0370. The standard InChI is InChI=1S/C4H11O7P/c5-1-3(7)4(2-6)11-12(8,9)10/h3-7H,1-2H2,(H2,8,9,10)/t3-,4+/m1/s1. The SMILES string of the molecule is O=P(O)(O)O[C@@H](CO)[C@H](O)CO. The van der Waals surface area contributed by atoms with Gasteiger partial charge >= 0.3 is 7.82 Å². The second kappa shape index (κ2) is 4.88. The topological polar surface area (TPSA) is 127 Å². The minimum atomic E-state index is -4.74. The first-order valence-corrected chi connectivity index (χ1v) is 4.57. The van der Waals surface area contributed by atoms with E-state index in [9.17, 15) is 4.57 Å². The van der Waals surface area contributed by atoms with Crippen LogP contribution in [0.1, 0.15) is 0 Å². The normalized spacial score (nSPS) is 17.4. The van der Waals surface area contributed by atoms with E-state index in [1.165, 1.54) is 0 Å². The van der Waals surface area contributed by atoms with Gasteiger partial charge in [-0.05, 0) is 0 Å². The van der Waals surface area contributed by atoms with Crippen molar-refractivity contribution in [1.82, 2.24) is 0 Å². The average molecular weight is 202 g/mol. The average Bonchev–Trinajstić information content (AvgIpc) is 1.97. The second-order valence-corrected chi connectivity index (χ2v) is 3.26. The summed E-state index contributed by atoms with van der Waals surface area (Å²) >= 11 is 0. The summed E-state index contributed by atoms with van der Waals surface area (Å²) in [6, 6.07) is 0. The van der Waals surface area contributed by atoms with E-state index in [4.69, 9.17) is 25.1 Å². The minimum Gasteiger partial charge on any atom is -0.394 e. The third-order valence-corrected chi connectivity index (χ3v) is 1.61. The molecule has 8 heteroatoms. The number of rotatable bonds is 5. The lowest BCUT2D eigenvalue weighted by Crippen LogP contribution is -2.34. The van der Waals surface area contributed by atoms with Crippen molar-refractivity contribution < 1.29 is 34.2 Å². The van der Waals surface area contributed by atoms with Crippen LogP contribution in [-0.2, 0) is 9.09 Å². The molecule has 0 aromatic carbocycles. The van der Waals surface area contributed by atoms with Gasteiger partial charge in [-0.1, -0.05) is 0 Å². The molecule has 0 saturated heterocycles. The summed E-state index contributed by atoms with van der Waals surface area (Å²) < 4.78 is 14.1. The quantitative estimate of drug-likeness (QED) is 0.320. The lowest BCUT2D eigenvalue weighted by Gasteiger charge is -2.19. The number of phosphoric ester groups is 1. The largest absolute Gasteiger partial charge is 0.470 e. The zero-order valence-corrected chi connectivity index (χ0v) is 6.96. The van der Waals surface area contributed by atoms with E-state index in [-0.39, 0.29) is 0 Å². The number of hydrogen-bond acceptors (Lipinski definition) is 5. The van der Waals surface area contributed by atoms with Crippen molar-refractivity contribution in [3.05, 3.63) is 0 Å². The van der Waals surface area contributed by atoms with Gasteiger partial charge in [0.1, 0.15) is 12.2 Å². The van der Waals surface area contributed by atoms with Gasteiger partial charge in [0.15, 0.2) is 0 Å². The molecular weight excluding hydrogens is 191 g/mol. The van der Waals surface area contributed by atoms with E-state index in [1.807, 2.05) is 0 Å². The molecule has 0 aromatic rings. The van der Waals surface area contributed by atoms with Crippen LogP contribution in [0.3, 0.4) is 0 Å². The Labute approximate surface area is 68.5 Å². The van der Waals surface area contributed by atoms with Crippen molar-refractivity contribution in [2.24, 2.45) is 0 Å². The van der Waals surface area contributed by atoms with Gasteiger partial charge in [0, 0.05) is 0 Å². The van der Waals surface area contributed by atoms with Crippen LogP contribution in [-0.4, -0.2) is 50.5 Å². The Morgan fingerprint density at radius 2 is 1.75 bits per heavy atom.